The van der Waals surface area contributed by atoms with Crippen molar-refractivity contribution in [3.8, 4) is 0 Å². The molecule has 45 heavy (non-hydrogen) atoms. The van der Waals surface area contributed by atoms with E-state index in [1.165, 1.54) is 6.92 Å². The Morgan fingerprint density at radius 2 is 1.78 bits per heavy atom. The van der Waals surface area contributed by atoms with Gasteiger partial charge < -0.3 is 54.9 Å². The minimum atomic E-state index is -5.43. The molecule has 0 spiro atoms. The number of hydrogen-bond acceptors (Lipinski definition) is 16. The van der Waals surface area contributed by atoms with Crippen molar-refractivity contribution in [3.63, 3.8) is 0 Å². The average molecular weight is 708 g/mol. The monoisotopic (exact) mass is 707 g/mol. The molecule has 3 aliphatic heterocycles. The number of primary amides is 1. The molecule has 3 heterocycles. The zero-order valence-electron chi connectivity index (χ0n) is 24.4. The first-order chi connectivity index (χ1) is 20.7. The summed E-state index contributed by atoms with van der Waals surface area (Å²) in [6, 6.07) is -1.20. The van der Waals surface area contributed by atoms with E-state index in [9.17, 15) is 43.3 Å². The van der Waals surface area contributed by atoms with E-state index in [0.717, 1.165) is 20.1 Å². The van der Waals surface area contributed by atoms with E-state index in [2.05, 4.69) is 14.0 Å². The van der Waals surface area contributed by atoms with Crippen molar-refractivity contribution < 1.29 is 75.6 Å². The molecular formula is C23H36FN3O15P2S. The summed E-state index contributed by atoms with van der Waals surface area (Å²) in [6.07, 6.45) is -11.3. The summed E-state index contributed by atoms with van der Waals surface area (Å²) in [5, 5.41) is 20.9. The second-order valence-electron chi connectivity index (χ2n) is 10.6. The third-order valence-corrected chi connectivity index (χ3v) is 10.8. The highest BCUT2D eigenvalue weighted by molar-refractivity contribution is 8.08. The van der Waals surface area contributed by atoms with Crippen LogP contribution in [0.3, 0.4) is 0 Å². The second-order valence-corrected chi connectivity index (χ2v) is 15.0. The van der Waals surface area contributed by atoms with Crippen LogP contribution in [0, 0.1) is 11.8 Å². The standard InChI is InChI=1S/C23H36FN3O15P2S/c1-8-9(2)20(38-11(4)29)23(40-19(8)13(24)6-36-10(3)28)41-43(33,34)42-44(35,45)37-7-14-17(30)18(31)21(39-14)12-5-27-16(15(12)25)22(26)32/h5,8-9,13-14,16-21,23,30-31H,6-7,25H2,1-4H3,(H2,26,32)(H,33,34)(H,35,45)/t8-,9-,13-,14+,16?,17-,18?,19?,20?,21-,23-,44?/m0/s1. The lowest BCUT2D eigenvalue weighted by molar-refractivity contribution is -0.262. The van der Waals surface area contributed by atoms with E-state index in [4.69, 9.17) is 46.5 Å². The van der Waals surface area contributed by atoms with Gasteiger partial charge in [0.2, 0.25) is 12.2 Å². The third-order valence-electron chi connectivity index (χ3n) is 7.30. The van der Waals surface area contributed by atoms with Crippen molar-refractivity contribution >= 4 is 50.4 Å². The van der Waals surface area contributed by atoms with Crippen LogP contribution in [0.1, 0.15) is 27.7 Å². The molecule has 0 aromatic heterocycles. The number of esters is 2. The molecule has 2 fully saturated rings. The van der Waals surface area contributed by atoms with Crippen molar-refractivity contribution in [1.82, 2.24) is 0 Å². The molecule has 8 N–H and O–H groups in total. The van der Waals surface area contributed by atoms with Gasteiger partial charge in [0.15, 0.2) is 18.3 Å². The molecule has 0 saturated carbocycles. The molecule has 1 amide bonds. The predicted octanol–water partition coefficient (Wildman–Crippen LogP) is -1.18. The Kier molecular flexibility index (Phi) is 12.4. The van der Waals surface area contributed by atoms with E-state index >= 15 is 0 Å². The molecule has 3 rings (SSSR count). The van der Waals surface area contributed by atoms with E-state index in [1.54, 1.807) is 6.92 Å². The summed E-state index contributed by atoms with van der Waals surface area (Å²) in [4.78, 5) is 59.1. The first-order valence-electron chi connectivity index (χ1n) is 13.4. The number of nitrogens with two attached hydrogens (primary N) is 2. The number of halogens is 1. The molecule has 0 aliphatic carbocycles. The van der Waals surface area contributed by atoms with E-state index < -0.39 is 113 Å². The zero-order valence-corrected chi connectivity index (χ0v) is 27.0. The molecule has 0 radical (unpaired) electrons. The molecule has 256 valence electrons. The van der Waals surface area contributed by atoms with Gasteiger partial charge in [-0.05, 0) is 17.7 Å². The normalized spacial score (nSPS) is 36.6. The summed E-state index contributed by atoms with van der Waals surface area (Å²) in [5.41, 5.74) is 11.1. The van der Waals surface area contributed by atoms with Gasteiger partial charge in [-0.3, -0.25) is 23.9 Å². The van der Waals surface area contributed by atoms with Gasteiger partial charge in [0, 0.05) is 31.6 Å². The van der Waals surface area contributed by atoms with Gasteiger partial charge in [0.1, 0.15) is 31.0 Å². The maximum atomic E-state index is 15.0. The number of phosphoric acid groups is 1. The van der Waals surface area contributed by atoms with Gasteiger partial charge in [-0.15, -0.1) is 0 Å². The minimum Gasteiger partial charge on any atom is -0.463 e. The minimum absolute atomic E-state index is 0.0702. The first kappa shape index (κ1) is 37.5. The molecule has 22 heteroatoms. The zero-order chi connectivity index (χ0) is 34.0. The lowest BCUT2D eigenvalue weighted by atomic mass is 9.82. The molecule has 2 saturated heterocycles. The summed E-state index contributed by atoms with van der Waals surface area (Å²) in [6.45, 7) is -0.951. The van der Waals surface area contributed by atoms with Gasteiger partial charge in [0.05, 0.1) is 18.4 Å². The molecule has 0 bridgehead atoms. The number of carbonyl (C=O) groups excluding carboxylic acids is 3. The van der Waals surface area contributed by atoms with Gasteiger partial charge in [-0.25, -0.2) is 13.3 Å². The van der Waals surface area contributed by atoms with Gasteiger partial charge in [-0.2, -0.15) is 0 Å². The highest BCUT2D eigenvalue weighted by atomic mass is 32.5. The van der Waals surface area contributed by atoms with Gasteiger partial charge in [0.25, 0.3) is 0 Å². The number of aliphatic hydroxyl groups is 2. The van der Waals surface area contributed by atoms with Crippen LogP contribution >= 0.6 is 14.5 Å². The van der Waals surface area contributed by atoms with E-state index in [0.29, 0.717) is 0 Å². The smallest absolute Gasteiger partial charge is 0.463 e. The fourth-order valence-corrected chi connectivity index (χ4v) is 7.99. The summed E-state index contributed by atoms with van der Waals surface area (Å²) in [5.74, 6) is -3.84. The highest BCUT2D eigenvalue weighted by Gasteiger charge is 2.51. The van der Waals surface area contributed by atoms with E-state index in [1.807, 2.05) is 0 Å². The number of rotatable bonds is 13. The van der Waals surface area contributed by atoms with Crippen molar-refractivity contribution in [2.24, 2.45) is 28.3 Å². The molecule has 0 aromatic carbocycles. The van der Waals surface area contributed by atoms with Crippen LogP contribution < -0.4 is 11.5 Å². The van der Waals surface area contributed by atoms with Gasteiger partial charge in [-0.1, -0.05) is 13.8 Å². The molecule has 3 aliphatic rings. The molecular weight excluding hydrogens is 671 g/mol. The fourth-order valence-electron chi connectivity index (χ4n) is 4.90. The summed E-state index contributed by atoms with van der Waals surface area (Å²) >= 11 is 4.80. The van der Waals surface area contributed by atoms with Crippen molar-refractivity contribution in [3.05, 3.63) is 11.3 Å². The number of alkyl halides is 1. The Bertz CT molecular complexity index is 1310. The topological polar surface area (TPSA) is 278 Å². The number of phosphoric ester groups is 1. The first-order valence-corrected chi connectivity index (χ1v) is 17.5. The SMILES string of the molecule is CC(=O)OC[C@H](F)C1O[C@@H](OP(=O)(O)OP(O)(=S)OC[C@H]2O[C@@H](C3=C(N)C(C(N)=O)N=C3)C(O)[C@H]2O)C(OC(C)=O)[C@@H](C)[C@@H]1C. The van der Waals surface area contributed by atoms with E-state index in [-0.39, 0.29) is 11.3 Å². The number of nitrogens with zero attached hydrogens (tertiary/aromatic N) is 1. The highest BCUT2D eigenvalue weighted by Crippen LogP contribution is 2.62. The summed E-state index contributed by atoms with van der Waals surface area (Å²) in [7, 11) is -5.43. The quantitative estimate of drug-likeness (QED) is 0.0971. The van der Waals surface area contributed by atoms with Crippen LogP contribution in [0.4, 0.5) is 4.39 Å². The molecule has 18 nitrogen and oxygen atoms in total. The van der Waals surface area contributed by atoms with Crippen LogP contribution in [0.15, 0.2) is 16.3 Å². The Balaban J connectivity index is 1.68. The number of carbonyl (C=O) groups is 3. The number of ether oxygens (including phenoxy) is 4. The van der Waals surface area contributed by atoms with Crippen molar-refractivity contribution in [2.45, 2.75) is 82.8 Å². The Morgan fingerprint density at radius 3 is 2.33 bits per heavy atom. The number of amides is 1. The van der Waals surface area contributed by atoms with Gasteiger partial charge >= 0.3 is 26.5 Å². The molecule has 6 unspecified atom stereocenters. The Labute approximate surface area is 261 Å². The van der Waals surface area contributed by atoms with Crippen LogP contribution in [-0.2, 0) is 63.1 Å². The maximum absolute atomic E-state index is 15.0. The van der Waals surface area contributed by atoms with Crippen LogP contribution in [0.2, 0.25) is 0 Å². The van der Waals surface area contributed by atoms with Crippen LogP contribution in [0.5, 0.6) is 0 Å². The molecule has 13 atom stereocenters. The van der Waals surface area contributed by atoms with Crippen molar-refractivity contribution in [1.29, 1.82) is 0 Å². The predicted molar refractivity (Wildman–Crippen MR) is 152 cm³/mol. The van der Waals surface area contributed by atoms with Crippen LogP contribution in [-0.4, -0.2) is 112 Å². The lowest BCUT2D eigenvalue weighted by Gasteiger charge is -2.44. The largest absolute Gasteiger partial charge is 0.481 e. The second kappa shape index (κ2) is 14.9. The van der Waals surface area contributed by atoms with Crippen molar-refractivity contribution in [2.75, 3.05) is 13.2 Å². The molecule has 0 aromatic rings. The fraction of sp³-hybridized carbons (Fsp3) is 0.739. The third kappa shape index (κ3) is 9.33. The number of aliphatic hydroxyl groups excluding tert-OH is 2. The Hall–Kier alpha value is -1.93. The van der Waals surface area contributed by atoms with Crippen LogP contribution in [0.25, 0.3) is 0 Å². The average Bonchev–Trinajstić information content (AvgIpc) is 3.43. The summed E-state index contributed by atoms with van der Waals surface area (Å²) < 4.78 is 63.6. The number of hydrogen-bond donors (Lipinski definition) is 6. The lowest BCUT2D eigenvalue weighted by Crippen LogP contribution is -2.55. The Morgan fingerprint density at radius 1 is 1.13 bits per heavy atom. The number of aliphatic imine (C=N–C) groups is 1. The maximum Gasteiger partial charge on any atom is 0.481 e.